The lowest BCUT2D eigenvalue weighted by Gasteiger charge is -2.15. The lowest BCUT2D eigenvalue weighted by molar-refractivity contribution is -0.121. The summed E-state index contributed by atoms with van der Waals surface area (Å²) in [4.78, 5) is 15.4. The summed E-state index contributed by atoms with van der Waals surface area (Å²) < 4.78 is 5.65. The maximum absolute atomic E-state index is 12.3. The highest BCUT2D eigenvalue weighted by molar-refractivity contribution is 5.93. The van der Waals surface area contributed by atoms with Crippen molar-refractivity contribution in [3.63, 3.8) is 0 Å². The van der Waals surface area contributed by atoms with Crippen LogP contribution in [0.5, 0.6) is 5.75 Å². The molecule has 2 rings (SSSR count). The topological polar surface area (TPSA) is 74.4 Å². The molecule has 0 aliphatic rings. The minimum absolute atomic E-state index is 0.0718. The minimum atomic E-state index is -0.239. The zero-order valence-corrected chi connectivity index (χ0v) is 13.5. The smallest absolute Gasteiger partial charge is 0.224 e. The van der Waals surface area contributed by atoms with E-state index < -0.39 is 0 Å². The van der Waals surface area contributed by atoms with Crippen LogP contribution in [0.15, 0.2) is 37.1 Å². The molecule has 0 spiro atoms. The highest BCUT2D eigenvalue weighted by Crippen LogP contribution is 2.29. The number of aromatic nitrogens is 1. The van der Waals surface area contributed by atoms with Crippen LogP contribution < -0.4 is 10.1 Å². The molecule has 2 aromatic rings. The van der Waals surface area contributed by atoms with Gasteiger partial charge in [0.05, 0.1) is 25.7 Å². The predicted octanol–water partition coefficient (Wildman–Crippen LogP) is 2.55. The van der Waals surface area contributed by atoms with E-state index in [1.54, 1.807) is 6.08 Å². The molecule has 1 heterocycles. The molecule has 0 aliphatic heterocycles. The van der Waals surface area contributed by atoms with E-state index >= 15 is 0 Å². The number of carbonyl (C=O) groups excluding carboxylic acids is 1. The first-order valence-corrected chi connectivity index (χ1v) is 7.92. The first-order chi connectivity index (χ1) is 11.2. The maximum Gasteiger partial charge on any atom is 0.224 e. The summed E-state index contributed by atoms with van der Waals surface area (Å²) in [6, 6.07) is 5.55. The van der Waals surface area contributed by atoms with Crippen LogP contribution in [0.25, 0.3) is 10.9 Å². The third kappa shape index (κ3) is 4.36. The van der Waals surface area contributed by atoms with Crippen molar-refractivity contribution in [2.24, 2.45) is 0 Å². The molecule has 0 bridgehead atoms. The van der Waals surface area contributed by atoms with E-state index in [1.807, 2.05) is 31.3 Å². The molecular weight excluding hydrogens is 292 g/mol. The molecule has 1 atom stereocenters. The zero-order valence-electron chi connectivity index (χ0n) is 13.5. The van der Waals surface area contributed by atoms with Gasteiger partial charge in [-0.15, -0.1) is 6.58 Å². The standard InChI is InChI=1S/C18H24N2O3/c1-3-5-7-14(12-21)20-17(22)10-13-11-19-15-8-6-9-16(18(13)15)23-4-2/h3,6,8-9,11,14,19,21H,1,4-5,7,10,12H2,2H3,(H,20,22)/t14-/m1/s1. The van der Waals surface area contributed by atoms with Gasteiger partial charge in [-0.25, -0.2) is 0 Å². The van der Waals surface area contributed by atoms with Crippen LogP contribution >= 0.6 is 0 Å². The highest BCUT2D eigenvalue weighted by atomic mass is 16.5. The Bertz CT molecular complexity index is 663. The van der Waals surface area contributed by atoms with Crippen molar-refractivity contribution in [1.82, 2.24) is 10.3 Å². The first kappa shape index (κ1) is 17.1. The van der Waals surface area contributed by atoms with E-state index in [0.29, 0.717) is 13.0 Å². The second kappa shape index (κ2) is 8.39. The Hall–Kier alpha value is -2.27. The summed E-state index contributed by atoms with van der Waals surface area (Å²) in [5, 5.41) is 13.1. The molecule has 0 radical (unpaired) electrons. The van der Waals surface area contributed by atoms with E-state index in [4.69, 9.17) is 4.74 Å². The van der Waals surface area contributed by atoms with Crippen LogP contribution in [0.2, 0.25) is 0 Å². The number of nitrogens with one attached hydrogen (secondary N) is 2. The number of hydrogen-bond acceptors (Lipinski definition) is 3. The molecular formula is C18H24N2O3. The Morgan fingerprint density at radius 1 is 1.52 bits per heavy atom. The van der Waals surface area contributed by atoms with Crippen molar-refractivity contribution in [3.8, 4) is 5.75 Å². The van der Waals surface area contributed by atoms with Gasteiger partial charge in [-0.3, -0.25) is 4.79 Å². The van der Waals surface area contributed by atoms with Crippen molar-refractivity contribution >= 4 is 16.8 Å². The highest BCUT2D eigenvalue weighted by Gasteiger charge is 2.15. The molecule has 5 heteroatoms. The van der Waals surface area contributed by atoms with Crippen LogP contribution in [0.4, 0.5) is 0 Å². The largest absolute Gasteiger partial charge is 0.493 e. The van der Waals surface area contributed by atoms with Crippen LogP contribution in [0.3, 0.4) is 0 Å². The fourth-order valence-corrected chi connectivity index (χ4v) is 2.61. The molecule has 3 N–H and O–H groups in total. The van der Waals surface area contributed by atoms with Crippen LogP contribution in [0, 0.1) is 0 Å². The van der Waals surface area contributed by atoms with Crippen LogP contribution in [-0.4, -0.2) is 35.3 Å². The molecule has 0 saturated heterocycles. The van der Waals surface area contributed by atoms with Crippen molar-refractivity contribution in [3.05, 3.63) is 42.6 Å². The number of carbonyl (C=O) groups is 1. The van der Waals surface area contributed by atoms with Crippen molar-refractivity contribution in [1.29, 1.82) is 0 Å². The van der Waals surface area contributed by atoms with Gasteiger partial charge in [-0.1, -0.05) is 12.1 Å². The van der Waals surface area contributed by atoms with Crippen molar-refractivity contribution < 1.29 is 14.6 Å². The SMILES string of the molecule is C=CCC[C@H](CO)NC(=O)Cc1c[nH]c2cccc(OCC)c12. The number of allylic oxidation sites excluding steroid dienone is 1. The third-order valence-electron chi connectivity index (χ3n) is 3.70. The summed E-state index contributed by atoms with van der Waals surface area (Å²) in [6.07, 6.45) is 5.30. The number of aromatic amines is 1. The number of H-pyrrole nitrogens is 1. The van der Waals surface area contributed by atoms with Gasteiger partial charge in [0.25, 0.3) is 0 Å². The number of rotatable bonds is 9. The first-order valence-electron chi connectivity index (χ1n) is 7.92. The van der Waals surface area contributed by atoms with Crippen LogP contribution in [0.1, 0.15) is 25.3 Å². The second-order valence-corrected chi connectivity index (χ2v) is 5.42. The van der Waals surface area contributed by atoms with Gasteiger partial charge >= 0.3 is 0 Å². The number of amides is 1. The quantitative estimate of drug-likeness (QED) is 0.622. The lowest BCUT2D eigenvalue weighted by atomic mass is 10.1. The average Bonchev–Trinajstić information content (AvgIpc) is 2.95. The van der Waals surface area contributed by atoms with Crippen LogP contribution in [-0.2, 0) is 11.2 Å². The predicted molar refractivity (Wildman–Crippen MR) is 91.6 cm³/mol. The number of fused-ring (bicyclic) bond motifs is 1. The molecule has 1 amide bonds. The summed E-state index contributed by atoms with van der Waals surface area (Å²) in [6.45, 7) is 6.09. The van der Waals surface area contributed by atoms with Gasteiger partial charge in [0.15, 0.2) is 0 Å². The van der Waals surface area contributed by atoms with Gasteiger partial charge in [0, 0.05) is 17.1 Å². The molecule has 0 fully saturated rings. The molecule has 1 aromatic heterocycles. The normalized spacial score (nSPS) is 12.1. The Morgan fingerprint density at radius 2 is 2.35 bits per heavy atom. The maximum atomic E-state index is 12.3. The number of aliphatic hydroxyl groups excluding tert-OH is 1. The molecule has 0 unspecified atom stereocenters. The van der Waals surface area contributed by atoms with E-state index in [1.165, 1.54) is 0 Å². The van der Waals surface area contributed by atoms with Gasteiger partial charge in [0.1, 0.15) is 5.75 Å². The van der Waals surface area contributed by atoms with E-state index in [2.05, 4.69) is 16.9 Å². The molecule has 1 aromatic carbocycles. The number of hydrogen-bond donors (Lipinski definition) is 3. The molecule has 5 nitrogen and oxygen atoms in total. The van der Waals surface area contributed by atoms with Gasteiger partial charge < -0.3 is 20.1 Å². The monoisotopic (exact) mass is 316 g/mol. The Balaban J connectivity index is 2.11. The Labute approximate surface area is 136 Å². The van der Waals surface area contributed by atoms with E-state index in [9.17, 15) is 9.90 Å². The second-order valence-electron chi connectivity index (χ2n) is 5.42. The Morgan fingerprint density at radius 3 is 3.04 bits per heavy atom. The molecule has 0 aliphatic carbocycles. The fourth-order valence-electron chi connectivity index (χ4n) is 2.61. The number of ether oxygens (including phenoxy) is 1. The van der Waals surface area contributed by atoms with E-state index in [-0.39, 0.29) is 25.0 Å². The lowest BCUT2D eigenvalue weighted by Crippen LogP contribution is -2.38. The minimum Gasteiger partial charge on any atom is -0.493 e. The number of benzene rings is 1. The average molecular weight is 316 g/mol. The molecule has 124 valence electrons. The summed E-state index contributed by atoms with van der Waals surface area (Å²) >= 11 is 0. The summed E-state index contributed by atoms with van der Waals surface area (Å²) in [5.41, 5.74) is 1.84. The van der Waals surface area contributed by atoms with Gasteiger partial charge in [0.2, 0.25) is 5.91 Å². The Kier molecular flexibility index (Phi) is 6.23. The molecule has 0 saturated carbocycles. The third-order valence-corrected chi connectivity index (χ3v) is 3.70. The van der Waals surface area contributed by atoms with Crippen molar-refractivity contribution in [2.75, 3.05) is 13.2 Å². The molecule has 23 heavy (non-hydrogen) atoms. The fraction of sp³-hybridized carbons (Fsp3) is 0.389. The summed E-state index contributed by atoms with van der Waals surface area (Å²) in [7, 11) is 0. The van der Waals surface area contributed by atoms with Gasteiger partial charge in [-0.2, -0.15) is 0 Å². The van der Waals surface area contributed by atoms with Gasteiger partial charge in [-0.05, 0) is 37.5 Å². The number of aliphatic hydroxyl groups is 1. The van der Waals surface area contributed by atoms with Crippen molar-refractivity contribution in [2.45, 2.75) is 32.2 Å². The summed E-state index contributed by atoms with van der Waals surface area (Å²) in [5.74, 6) is 0.666. The zero-order chi connectivity index (χ0) is 16.7. The van der Waals surface area contributed by atoms with E-state index in [0.717, 1.165) is 28.6 Å².